The molecule has 0 fully saturated rings. The molecule has 2 aromatic rings. The minimum Gasteiger partial charge on any atom is -0.497 e. The van der Waals surface area contributed by atoms with Crippen LogP contribution >= 0.6 is 0 Å². The van der Waals surface area contributed by atoms with Gasteiger partial charge < -0.3 is 13.9 Å². The van der Waals surface area contributed by atoms with E-state index in [9.17, 15) is 4.79 Å². The Balaban J connectivity index is 2.15. The largest absolute Gasteiger partial charge is 0.497 e. The zero-order chi connectivity index (χ0) is 13.8. The molecule has 0 radical (unpaired) electrons. The van der Waals surface area contributed by atoms with Gasteiger partial charge in [-0.2, -0.15) is 0 Å². The Morgan fingerprint density at radius 3 is 2.47 bits per heavy atom. The highest BCUT2D eigenvalue weighted by Gasteiger charge is 2.19. The second-order valence-electron chi connectivity index (χ2n) is 3.93. The number of carbonyl (C=O) groups excluding carboxylic acids is 1. The average molecular weight is 261 g/mol. The number of hydrogen-bond acceptors (Lipinski definition) is 5. The van der Waals surface area contributed by atoms with E-state index in [0.29, 0.717) is 29.5 Å². The lowest BCUT2D eigenvalue weighted by Gasteiger charge is -2.04. The third-order valence-corrected chi connectivity index (χ3v) is 2.59. The molecule has 5 heteroatoms. The molecule has 0 spiro atoms. The van der Waals surface area contributed by atoms with E-state index >= 15 is 0 Å². The number of carbonyl (C=O) groups is 1. The van der Waals surface area contributed by atoms with Crippen molar-refractivity contribution in [3.63, 3.8) is 0 Å². The Morgan fingerprint density at radius 1 is 1.26 bits per heavy atom. The second-order valence-corrected chi connectivity index (χ2v) is 3.93. The number of methoxy groups -OCH3 is 1. The number of aromatic nitrogens is 1. The van der Waals surface area contributed by atoms with Gasteiger partial charge in [0.1, 0.15) is 11.5 Å². The fourth-order valence-corrected chi connectivity index (χ4v) is 1.67. The van der Waals surface area contributed by atoms with E-state index in [0.717, 1.165) is 0 Å². The molecule has 1 heterocycles. The third kappa shape index (κ3) is 2.93. The molecule has 0 bridgehead atoms. The molecule has 0 aliphatic rings. The van der Waals surface area contributed by atoms with Crippen LogP contribution in [0.5, 0.6) is 11.5 Å². The maximum absolute atomic E-state index is 12.0. The van der Waals surface area contributed by atoms with Crippen molar-refractivity contribution in [2.45, 2.75) is 20.3 Å². The third-order valence-electron chi connectivity index (χ3n) is 2.59. The first kappa shape index (κ1) is 13.1. The van der Waals surface area contributed by atoms with Crippen LogP contribution in [0.4, 0.5) is 0 Å². The van der Waals surface area contributed by atoms with Crippen molar-refractivity contribution in [3.8, 4) is 11.5 Å². The highest BCUT2D eigenvalue weighted by atomic mass is 16.5. The van der Waals surface area contributed by atoms with Gasteiger partial charge in [-0.1, -0.05) is 6.92 Å². The van der Waals surface area contributed by atoms with E-state index < -0.39 is 5.97 Å². The lowest BCUT2D eigenvalue weighted by Crippen LogP contribution is -2.09. The molecule has 2 rings (SSSR count). The molecule has 19 heavy (non-hydrogen) atoms. The molecule has 0 atom stereocenters. The van der Waals surface area contributed by atoms with Gasteiger partial charge in [0.2, 0.25) is 5.76 Å². The van der Waals surface area contributed by atoms with Crippen LogP contribution in [0.1, 0.15) is 29.1 Å². The molecule has 1 aromatic carbocycles. The van der Waals surface area contributed by atoms with Crippen LogP contribution in [0.25, 0.3) is 0 Å². The van der Waals surface area contributed by atoms with Crippen molar-refractivity contribution >= 4 is 5.97 Å². The molecule has 5 nitrogen and oxygen atoms in total. The number of nitrogens with zero attached hydrogens (tertiary/aromatic N) is 1. The monoisotopic (exact) mass is 261 g/mol. The predicted octanol–water partition coefficient (Wildman–Crippen LogP) is 2.77. The summed E-state index contributed by atoms with van der Waals surface area (Å²) in [5.74, 6) is 1.21. The summed E-state index contributed by atoms with van der Waals surface area (Å²) in [6, 6.07) is 6.75. The Hall–Kier alpha value is -2.30. The van der Waals surface area contributed by atoms with Gasteiger partial charge in [-0.05, 0) is 30.7 Å². The summed E-state index contributed by atoms with van der Waals surface area (Å²) in [6.07, 6.45) is 0.615. The van der Waals surface area contributed by atoms with E-state index in [1.54, 1.807) is 38.3 Å². The first-order valence-electron chi connectivity index (χ1n) is 5.96. The highest BCUT2D eigenvalue weighted by molar-refractivity contribution is 5.89. The Kier molecular flexibility index (Phi) is 3.85. The summed E-state index contributed by atoms with van der Waals surface area (Å²) < 4.78 is 15.5. The number of rotatable bonds is 4. The number of benzene rings is 1. The number of aryl methyl sites for hydroxylation is 2. The lowest BCUT2D eigenvalue weighted by atomic mass is 10.3. The maximum atomic E-state index is 12.0. The van der Waals surface area contributed by atoms with Crippen LogP contribution < -0.4 is 9.47 Å². The van der Waals surface area contributed by atoms with Crippen LogP contribution in [0.3, 0.4) is 0 Å². The van der Waals surface area contributed by atoms with Crippen LogP contribution in [-0.2, 0) is 6.42 Å². The fraction of sp³-hybridized carbons (Fsp3) is 0.286. The van der Waals surface area contributed by atoms with Gasteiger partial charge in [0.05, 0.1) is 12.8 Å². The summed E-state index contributed by atoms with van der Waals surface area (Å²) in [7, 11) is 1.58. The van der Waals surface area contributed by atoms with Gasteiger partial charge in [0.25, 0.3) is 0 Å². The topological polar surface area (TPSA) is 61.6 Å². The number of ether oxygens (including phenoxy) is 2. The smallest absolute Gasteiger partial charge is 0.381 e. The summed E-state index contributed by atoms with van der Waals surface area (Å²) in [5, 5.41) is 0. The van der Waals surface area contributed by atoms with Crippen LogP contribution in [0.15, 0.2) is 28.7 Å². The van der Waals surface area contributed by atoms with Crippen molar-refractivity contribution in [2.75, 3.05) is 7.11 Å². The Morgan fingerprint density at radius 2 is 1.89 bits per heavy atom. The lowest BCUT2D eigenvalue weighted by molar-refractivity contribution is 0.0698. The molecule has 1 aromatic heterocycles. The normalized spacial score (nSPS) is 10.3. The Bertz CT molecular complexity index is 572. The van der Waals surface area contributed by atoms with Gasteiger partial charge >= 0.3 is 5.97 Å². The van der Waals surface area contributed by atoms with E-state index in [1.165, 1.54) is 0 Å². The SMILES string of the molecule is CCc1nc(C)oc1C(=O)Oc1ccc(OC)cc1. The minimum atomic E-state index is -0.539. The summed E-state index contributed by atoms with van der Waals surface area (Å²) in [5.41, 5.74) is 0.607. The van der Waals surface area contributed by atoms with Crippen molar-refractivity contribution in [1.82, 2.24) is 4.98 Å². The first-order chi connectivity index (χ1) is 9.13. The van der Waals surface area contributed by atoms with E-state index in [4.69, 9.17) is 13.9 Å². The molecule has 100 valence electrons. The molecule has 0 unspecified atom stereocenters. The number of oxazole rings is 1. The van der Waals surface area contributed by atoms with Gasteiger partial charge in [-0.3, -0.25) is 0 Å². The van der Waals surface area contributed by atoms with Gasteiger partial charge in [-0.25, -0.2) is 9.78 Å². The number of esters is 1. The fourth-order valence-electron chi connectivity index (χ4n) is 1.67. The molecule has 0 aliphatic carbocycles. The maximum Gasteiger partial charge on any atom is 0.381 e. The number of hydrogen-bond donors (Lipinski definition) is 0. The van der Waals surface area contributed by atoms with Crippen LogP contribution in [-0.4, -0.2) is 18.1 Å². The summed E-state index contributed by atoms with van der Waals surface area (Å²) in [4.78, 5) is 16.1. The molecular weight excluding hydrogens is 246 g/mol. The molecule has 0 saturated heterocycles. The molecule has 0 amide bonds. The Labute approximate surface area is 111 Å². The van der Waals surface area contributed by atoms with Gasteiger partial charge in [0, 0.05) is 6.92 Å². The van der Waals surface area contributed by atoms with E-state index in [-0.39, 0.29) is 5.76 Å². The van der Waals surface area contributed by atoms with Gasteiger partial charge in [-0.15, -0.1) is 0 Å². The minimum absolute atomic E-state index is 0.163. The zero-order valence-corrected chi connectivity index (χ0v) is 11.1. The average Bonchev–Trinajstić information content (AvgIpc) is 2.81. The van der Waals surface area contributed by atoms with Crippen molar-refractivity contribution in [3.05, 3.63) is 41.6 Å². The molecular formula is C14H15NO4. The van der Waals surface area contributed by atoms with E-state index in [2.05, 4.69) is 4.98 Å². The van der Waals surface area contributed by atoms with Crippen molar-refractivity contribution < 1.29 is 18.7 Å². The quantitative estimate of drug-likeness (QED) is 0.625. The summed E-state index contributed by atoms with van der Waals surface area (Å²) in [6.45, 7) is 3.60. The predicted molar refractivity (Wildman–Crippen MR) is 68.6 cm³/mol. The standard InChI is InChI=1S/C14H15NO4/c1-4-12-13(18-9(2)15-12)14(16)19-11-7-5-10(17-3)6-8-11/h5-8H,4H2,1-3H3. The van der Waals surface area contributed by atoms with Crippen molar-refractivity contribution in [2.24, 2.45) is 0 Å². The van der Waals surface area contributed by atoms with Crippen molar-refractivity contribution in [1.29, 1.82) is 0 Å². The zero-order valence-electron chi connectivity index (χ0n) is 11.1. The first-order valence-corrected chi connectivity index (χ1v) is 5.96. The van der Waals surface area contributed by atoms with E-state index in [1.807, 2.05) is 6.92 Å². The highest BCUT2D eigenvalue weighted by Crippen LogP contribution is 2.19. The second kappa shape index (κ2) is 5.56. The van der Waals surface area contributed by atoms with Crippen LogP contribution in [0.2, 0.25) is 0 Å². The molecule has 0 aliphatic heterocycles. The summed E-state index contributed by atoms with van der Waals surface area (Å²) >= 11 is 0. The van der Waals surface area contributed by atoms with Gasteiger partial charge in [0.15, 0.2) is 5.89 Å². The molecule has 0 N–H and O–H groups in total. The van der Waals surface area contributed by atoms with Crippen LogP contribution in [0, 0.1) is 6.92 Å². The molecule has 0 saturated carbocycles.